The number of amides is 1. The number of aromatic nitrogens is 2. The summed E-state index contributed by atoms with van der Waals surface area (Å²) in [6, 6.07) is 16.7. The molecule has 5 N–H and O–H groups in total. The summed E-state index contributed by atoms with van der Waals surface area (Å²) in [5.74, 6) is -0.620. The van der Waals surface area contributed by atoms with Crippen molar-refractivity contribution in [3.05, 3.63) is 77.2 Å². The number of hydrogen-bond acceptors (Lipinski definition) is 6. The van der Waals surface area contributed by atoms with Crippen molar-refractivity contribution >= 4 is 11.6 Å². The first kappa shape index (κ1) is 21.9. The van der Waals surface area contributed by atoms with Crippen LogP contribution in [0.15, 0.2) is 54.7 Å². The van der Waals surface area contributed by atoms with Crippen LogP contribution in [0.4, 0.5) is 5.69 Å². The van der Waals surface area contributed by atoms with Gasteiger partial charge in [0.15, 0.2) is 5.69 Å². The number of piperidine rings is 1. The Morgan fingerprint density at radius 3 is 2.62 bits per heavy atom. The molecule has 166 valence electrons. The lowest BCUT2D eigenvalue weighted by Gasteiger charge is -2.30. The minimum atomic E-state index is -0.620. The number of carbonyl (C=O) groups is 1. The zero-order chi connectivity index (χ0) is 22.3. The van der Waals surface area contributed by atoms with Crippen LogP contribution >= 0.6 is 0 Å². The molecule has 2 heterocycles. The summed E-state index contributed by atoms with van der Waals surface area (Å²) >= 11 is 0. The maximum atomic E-state index is 11.7. The van der Waals surface area contributed by atoms with E-state index in [4.69, 9.17) is 11.5 Å². The molecule has 7 nitrogen and oxygen atoms in total. The number of para-hydroxylation sites is 1. The Hall–Kier alpha value is -3.29. The van der Waals surface area contributed by atoms with Gasteiger partial charge in [0.25, 0.3) is 5.91 Å². The summed E-state index contributed by atoms with van der Waals surface area (Å²) in [7, 11) is 0. The number of nitrogens with zero attached hydrogens (tertiary/aromatic N) is 3. The van der Waals surface area contributed by atoms with Crippen molar-refractivity contribution in [2.45, 2.75) is 38.9 Å². The van der Waals surface area contributed by atoms with Gasteiger partial charge in [-0.05, 0) is 42.5 Å². The van der Waals surface area contributed by atoms with Gasteiger partial charge in [0.05, 0.1) is 17.6 Å². The van der Waals surface area contributed by atoms with Crippen LogP contribution in [0.1, 0.15) is 46.6 Å². The zero-order valence-electron chi connectivity index (χ0n) is 18.3. The minimum Gasteiger partial charge on any atom is -0.371 e. The van der Waals surface area contributed by atoms with Gasteiger partial charge in [-0.2, -0.15) is 0 Å². The molecule has 1 fully saturated rings. The summed E-state index contributed by atoms with van der Waals surface area (Å²) in [5, 5.41) is 3.57. The predicted octanol–water partition coefficient (Wildman–Crippen LogP) is 2.98. The van der Waals surface area contributed by atoms with Crippen molar-refractivity contribution in [3.63, 3.8) is 0 Å². The molecule has 0 atom stereocenters. The lowest BCUT2D eigenvalue weighted by atomic mass is 10.1. The van der Waals surface area contributed by atoms with Gasteiger partial charge in [0.1, 0.15) is 0 Å². The number of nitrogens with one attached hydrogen (secondary N) is 1. The number of carbonyl (C=O) groups excluding carboxylic acids is 1. The number of benzene rings is 2. The highest BCUT2D eigenvalue weighted by Gasteiger charge is 2.15. The van der Waals surface area contributed by atoms with Crippen molar-refractivity contribution in [2.24, 2.45) is 11.5 Å². The summed E-state index contributed by atoms with van der Waals surface area (Å²) in [4.78, 5) is 22.9. The average Bonchev–Trinajstić information content (AvgIpc) is 2.84. The second-order valence-electron chi connectivity index (χ2n) is 8.10. The first-order valence-electron chi connectivity index (χ1n) is 11.1. The Kier molecular flexibility index (Phi) is 7.09. The molecule has 0 aliphatic carbocycles. The lowest BCUT2D eigenvalue weighted by Crippen LogP contribution is -2.30. The molecule has 4 rings (SSSR count). The first-order valence-corrected chi connectivity index (χ1v) is 11.1. The van der Waals surface area contributed by atoms with Crippen LogP contribution in [0, 0.1) is 0 Å². The fourth-order valence-corrected chi connectivity index (χ4v) is 4.19. The highest BCUT2D eigenvalue weighted by atomic mass is 16.1. The van der Waals surface area contributed by atoms with Crippen LogP contribution in [0.3, 0.4) is 0 Å². The molecule has 0 unspecified atom stereocenters. The van der Waals surface area contributed by atoms with E-state index in [1.165, 1.54) is 30.5 Å². The summed E-state index contributed by atoms with van der Waals surface area (Å²) in [6.45, 7) is 3.91. The summed E-state index contributed by atoms with van der Waals surface area (Å²) in [6.07, 6.45) is 5.49. The van der Waals surface area contributed by atoms with Gasteiger partial charge in [-0.25, -0.2) is 4.98 Å². The number of hydrogen-bond donors (Lipinski definition) is 3. The fraction of sp³-hybridized carbons (Fsp3) is 0.320. The second kappa shape index (κ2) is 10.3. The van der Waals surface area contributed by atoms with Crippen LogP contribution < -0.4 is 21.7 Å². The third kappa shape index (κ3) is 5.12. The van der Waals surface area contributed by atoms with E-state index < -0.39 is 5.91 Å². The number of nitrogens with two attached hydrogens (primary N) is 2. The Balaban J connectivity index is 1.45. The molecule has 0 radical (unpaired) electrons. The minimum absolute atomic E-state index is 0.119. The Labute approximate surface area is 188 Å². The number of anilines is 1. The average molecular weight is 431 g/mol. The van der Waals surface area contributed by atoms with Crippen LogP contribution in [-0.4, -0.2) is 29.0 Å². The van der Waals surface area contributed by atoms with Gasteiger partial charge < -0.3 is 21.7 Å². The van der Waals surface area contributed by atoms with Crippen LogP contribution in [0.5, 0.6) is 0 Å². The van der Waals surface area contributed by atoms with Gasteiger partial charge in [-0.1, -0.05) is 36.4 Å². The molecule has 32 heavy (non-hydrogen) atoms. The molecule has 0 saturated carbocycles. The number of rotatable bonds is 8. The van der Waals surface area contributed by atoms with E-state index in [0.29, 0.717) is 11.4 Å². The van der Waals surface area contributed by atoms with E-state index in [1.54, 1.807) is 6.20 Å². The Bertz CT molecular complexity index is 1080. The largest absolute Gasteiger partial charge is 0.371 e. The van der Waals surface area contributed by atoms with Crippen molar-refractivity contribution in [2.75, 3.05) is 18.0 Å². The molecule has 0 spiro atoms. The van der Waals surface area contributed by atoms with Crippen molar-refractivity contribution < 1.29 is 4.79 Å². The van der Waals surface area contributed by atoms with E-state index in [1.807, 2.05) is 12.1 Å². The van der Waals surface area contributed by atoms with Crippen molar-refractivity contribution in [1.29, 1.82) is 0 Å². The summed E-state index contributed by atoms with van der Waals surface area (Å²) in [5.41, 5.74) is 16.9. The zero-order valence-corrected chi connectivity index (χ0v) is 18.3. The molecule has 1 amide bonds. The molecule has 1 aliphatic heterocycles. The maximum Gasteiger partial charge on any atom is 0.269 e. The molecule has 7 heteroatoms. The SMILES string of the molecule is NCc1ncc(-c2cccc(CNCc3ccccc3N3CCCCC3)c2)nc1C(N)=O. The summed E-state index contributed by atoms with van der Waals surface area (Å²) < 4.78 is 0. The monoisotopic (exact) mass is 430 g/mol. The number of primary amides is 1. The predicted molar refractivity (Wildman–Crippen MR) is 127 cm³/mol. The van der Waals surface area contributed by atoms with E-state index >= 15 is 0 Å². The van der Waals surface area contributed by atoms with Gasteiger partial charge in [-0.15, -0.1) is 0 Å². The molecule has 1 saturated heterocycles. The molecule has 1 aliphatic rings. The van der Waals surface area contributed by atoms with Gasteiger partial charge in [0, 0.05) is 44.0 Å². The topological polar surface area (TPSA) is 110 Å². The standard InChI is InChI=1S/C25H30N6O/c26-14-21-24(25(27)32)30-22(17-29-21)19-9-6-7-18(13-19)15-28-16-20-8-2-3-10-23(20)31-11-4-1-5-12-31/h2-3,6-10,13,17,28H,1,4-5,11-12,14-16,26H2,(H2,27,32). The second-order valence-corrected chi connectivity index (χ2v) is 8.10. The molecule has 2 aromatic carbocycles. The Morgan fingerprint density at radius 1 is 1.03 bits per heavy atom. The molecule has 1 aromatic heterocycles. The van der Waals surface area contributed by atoms with Gasteiger partial charge in [0.2, 0.25) is 0 Å². The molecular weight excluding hydrogens is 400 g/mol. The van der Waals surface area contributed by atoms with E-state index in [0.717, 1.165) is 37.3 Å². The van der Waals surface area contributed by atoms with Gasteiger partial charge in [-0.3, -0.25) is 9.78 Å². The highest BCUT2D eigenvalue weighted by molar-refractivity contribution is 5.92. The van der Waals surface area contributed by atoms with Crippen LogP contribution in [0.25, 0.3) is 11.3 Å². The van der Waals surface area contributed by atoms with Crippen LogP contribution in [0.2, 0.25) is 0 Å². The first-order chi connectivity index (χ1) is 15.7. The maximum absolute atomic E-state index is 11.7. The molecular formula is C25H30N6O. The normalized spacial score (nSPS) is 13.8. The van der Waals surface area contributed by atoms with Gasteiger partial charge >= 0.3 is 0 Å². The molecule has 3 aromatic rings. The molecule has 0 bridgehead atoms. The van der Waals surface area contributed by atoms with E-state index in [2.05, 4.69) is 56.6 Å². The van der Waals surface area contributed by atoms with Crippen LogP contribution in [-0.2, 0) is 19.6 Å². The quantitative estimate of drug-likeness (QED) is 0.507. The third-order valence-corrected chi connectivity index (χ3v) is 5.83. The van der Waals surface area contributed by atoms with E-state index in [9.17, 15) is 4.79 Å². The van der Waals surface area contributed by atoms with E-state index in [-0.39, 0.29) is 12.2 Å². The lowest BCUT2D eigenvalue weighted by molar-refractivity contribution is 0.0994. The fourth-order valence-electron chi connectivity index (χ4n) is 4.19. The van der Waals surface area contributed by atoms with Crippen molar-refractivity contribution in [1.82, 2.24) is 15.3 Å². The Morgan fingerprint density at radius 2 is 1.84 bits per heavy atom. The van der Waals surface area contributed by atoms with Crippen molar-refractivity contribution in [3.8, 4) is 11.3 Å². The third-order valence-electron chi connectivity index (χ3n) is 5.83. The highest BCUT2D eigenvalue weighted by Crippen LogP contribution is 2.24. The smallest absolute Gasteiger partial charge is 0.269 e.